The largest absolute Gasteiger partial charge is 0.465 e. The first-order valence-corrected chi connectivity index (χ1v) is 8.50. The number of rotatable bonds is 4. The van der Waals surface area contributed by atoms with Crippen LogP contribution < -0.4 is 5.32 Å². The summed E-state index contributed by atoms with van der Waals surface area (Å²) in [6.45, 7) is 4.11. The van der Waals surface area contributed by atoms with Gasteiger partial charge in [-0.15, -0.1) is 0 Å². The number of hydrogen-bond donors (Lipinski definition) is 1. The van der Waals surface area contributed by atoms with Crippen molar-refractivity contribution in [3.05, 3.63) is 70.9 Å². The average molecular weight is 363 g/mol. The summed E-state index contributed by atoms with van der Waals surface area (Å²) in [5, 5.41) is 7.09. The van der Waals surface area contributed by atoms with E-state index in [9.17, 15) is 9.59 Å². The summed E-state index contributed by atoms with van der Waals surface area (Å²) in [6, 6.07) is 14.5. The summed E-state index contributed by atoms with van der Waals surface area (Å²) in [6.07, 6.45) is 0. The van der Waals surface area contributed by atoms with Crippen LogP contribution in [0.3, 0.4) is 0 Å². The van der Waals surface area contributed by atoms with Crippen LogP contribution in [0.2, 0.25) is 0 Å². The number of anilines is 1. The van der Waals surface area contributed by atoms with Crippen molar-refractivity contribution in [1.82, 2.24) is 9.78 Å². The first-order valence-electron chi connectivity index (χ1n) is 8.50. The topological polar surface area (TPSA) is 73.2 Å². The molecule has 1 N–H and O–H groups in total. The molecule has 1 aromatic heterocycles. The Hall–Kier alpha value is -3.41. The maximum absolute atomic E-state index is 12.6. The predicted molar refractivity (Wildman–Crippen MR) is 104 cm³/mol. The Morgan fingerprint density at radius 3 is 2.52 bits per heavy atom. The molecular formula is C21H21N3O3. The minimum Gasteiger partial charge on any atom is -0.465 e. The third kappa shape index (κ3) is 3.89. The zero-order chi connectivity index (χ0) is 19.6. The second kappa shape index (κ2) is 7.45. The molecular weight excluding hydrogens is 342 g/mol. The van der Waals surface area contributed by atoms with Crippen molar-refractivity contribution in [3.8, 4) is 11.3 Å². The van der Waals surface area contributed by atoms with Crippen LogP contribution in [-0.4, -0.2) is 28.8 Å². The maximum Gasteiger partial charge on any atom is 0.337 e. The van der Waals surface area contributed by atoms with Gasteiger partial charge >= 0.3 is 5.97 Å². The molecule has 0 atom stereocenters. The molecule has 3 aromatic rings. The van der Waals surface area contributed by atoms with Crippen LogP contribution in [0.15, 0.2) is 48.5 Å². The molecule has 0 unspecified atom stereocenters. The first-order chi connectivity index (χ1) is 12.9. The summed E-state index contributed by atoms with van der Waals surface area (Å²) in [4.78, 5) is 24.2. The Balaban J connectivity index is 1.84. The number of carbonyl (C=O) groups excluding carboxylic acids is 2. The van der Waals surface area contributed by atoms with E-state index in [1.807, 2.05) is 6.07 Å². The van der Waals surface area contributed by atoms with E-state index in [0.29, 0.717) is 16.9 Å². The molecule has 0 bridgehead atoms. The van der Waals surface area contributed by atoms with E-state index in [1.165, 1.54) is 18.2 Å². The lowest BCUT2D eigenvalue weighted by molar-refractivity contribution is 0.0600. The standard InChI is InChI=1S/C21H21N3O3/c1-13-8-9-15(10-14(13)2)19-12-18(23-24(19)3)20(25)22-17-7-5-6-16(11-17)21(26)27-4/h5-12H,1-4H3,(H,22,25). The summed E-state index contributed by atoms with van der Waals surface area (Å²) < 4.78 is 6.38. The van der Waals surface area contributed by atoms with E-state index in [4.69, 9.17) is 4.74 Å². The normalized spacial score (nSPS) is 10.5. The number of aryl methyl sites for hydroxylation is 3. The lowest BCUT2D eigenvalue weighted by Crippen LogP contribution is -2.13. The average Bonchev–Trinajstić information content (AvgIpc) is 3.05. The van der Waals surface area contributed by atoms with E-state index in [1.54, 1.807) is 42.1 Å². The van der Waals surface area contributed by atoms with Crippen molar-refractivity contribution in [3.63, 3.8) is 0 Å². The number of aromatic nitrogens is 2. The van der Waals surface area contributed by atoms with Crippen molar-refractivity contribution in [2.45, 2.75) is 13.8 Å². The molecule has 0 spiro atoms. The summed E-state index contributed by atoms with van der Waals surface area (Å²) >= 11 is 0. The van der Waals surface area contributed by atoms with Crippen LogP contribution in [-0.2, 0) is 11.8 Å². The van der Waals surface area contributed by atoms with E-state index in [2.05, 4.69) is 36.4 Å². The van der Waals surface area contributed by atoms with Crippen molar-refractivity contribution >= 4 is 17.6 Å². The van der Waals surface area contributed by atoms with Crippen LogP contribution in [0, 0.1) is 13.8 Å². The fourth-order valence-corrected chi connectivity index (χ4v) is 2.79. The molecule has 6 heteroatoms. The SMILES string of the molecule is COC(=O)c1cccc(NC(=O)c2cc(-c3ccc(C)c(C)c3)n(C)n2)c1. The van der Waals surface area contributed by atoms with Crippen molar-refractivity contribution in [2.75, 3.05) is 12.4 Å². The number of methoxy groups -OCH3 is 1. The highest BCUT2D eigenvalue weighted by Gasteiger charge is 2.15. The molecule has 138 valence electrons. The van der Waals surface area contributed by atoms with E-state index in [0.717, 1.165) is 11.3 Å². The van der Waals surface area contributed by atoms with Crippen LogP contribution in [0.4, 0.5) is 5.69 Å². The third-order valence-electron chi connectivity index (χ3n) is 4.46. The van der Waals surface area contributed by atoms with Gasteiger partial charge in [0.1, 0.15) is 0 Å². The van der Waals surface area contributed by atoms with E-state index < -0.39 is 5.97 Å². The minimum atomic E-state index is -0.457. The molecule has 27 heavy (non-hydrogen) atoms. The van der Waals surface area contributed by atoms with Crippen LogP contribution in [0.5, 0.6) is 0 Å². The molecule has 0 fully saturated rings. The minimum absolute atomic E-state index is 0.300. The van der Waals surface area contributed by atoms with Gasteiger partial charge in [-0.2, -0.15) is 5.10 Å². The molecule has 1 heterocycles. The molecule has 0 aliphatic heterocycles. The van der Waals surface area contributed by atoms with Crippen LogP contribution in [0.1, 0.15) is 32.0 Å². The fraction of sp³-hybridized carbons (Fsp3) is 0.190. The second-order valence-electron chi connectivity index (χ2n) is 6.36. The molecule has 0 saturated carbocycles. The van der Waals surface area contributed by atoms with Gasteiger partial charge in [0.25, 0.3) is 5.91 Å². The fourth-order valence-electron chi connectivity index (χ4n) is 2.79. The lowest BCUT2D eigenvalue weighted by Gasteiger charge is -2.05. The lowest BCUT2D eigenvalue weighted by atomic mass is 10.0. The van der Waals surface area contributed by atoms with Crippen molar-refractivity contribution < 1.29 is 14.3 Å². The number of nitrogens with one attached hydrogen (secondary N) is 1. The van der Waals surface area contributed by atoms with Gasteiger partial charge < -0.3 is 10.1 Å². The maximum atomic E-state index is 12.6. The number of benzene rings is 2. The second-order valence-corrected chi connectivity index (χ2v) is 6.36. The monoisotopic (exact) mass is 363 g/mol. The molecule has 0 saturated heterocycles. The Kier molecular flexibility index (Phi) is 5.07. The van der Waals surface area contributed by atoms with Gasteiger partial charge in [-0.3, -0.25) is 9.48 Å². The van der Waals surface area contributed by atoms with Gasteiger partial charge in [0, 0.05) is 18.3 Å². The summed E-state index contributed by atoms with van der Waals surface area (Å²) in [5.41, 5.74) is 5.41. The summed E-state index contributed by atoms with van der Waals surface area (Å²) in [7, 11) is 3.12. The number of nitrogens with zero attached hydrogens (tertiary/aromatic N) is 2. The van der Waals surface area contributed by atoms with Gasteiger partial charge in [0.2, 0.25) is 0 Å². The van der Waals surface area contributed by atoms with E-state index >= 15 is 0 Å². The van der Waals surface area contributed by atoms with Gasteiger partial charge in [-0.05, 0) is 55.3 Å². The molecule has 3 rings (SSSR count). The molecule has 2 aromatic carbocycles. The quantitative estimate of drug-likeness (QED) is 0.717. The highest BCUT2D eigenvalue weighted by atomic mass is 16.5. The number of amides is 1. The summed E-state index contributed by atoms with van der Waals surface area (Å²) in [5.74, 6) is -0.802. The highest BCUT2D eigenvalue weighted by Crippen LogP contribution is 2.23. The molecule has 0 aliphatic rings. The van der Waals surface area contributed by atoms with Crippen LogP contribution >= 0.6 is 0 Å². The van der Waals surface area contributed by atoms with Gasteiger partial charge in [0.15, 0.2) is 5.69 Å². The number of ether oxygens (including phenoxy) is 1. The molecule has 0 aliphatic carbocycles. The van der Waals surface area contributed by atoms with Crippen molar-refractivity contribution in [1.29, 1.82) is 0 Å². The van der Waals surface area contributed by atoms with Crippen molar-refractivity contribution in [2.24, 2.45) is 7.05 Å². The third-order valence-corrected chi connectivity index (χ3v) is 4.46. The molecule has 0 radical (unpaired) electrons. The van der Waals surface area contributed by atoms with Gasteiger partial charge in [-0.25, -0.2) is 4.79 Å². The number of carbonyl (C=O) groups is 2. The highest BCUT2D eigenvalue weighted by molar-refractivity contribution is 6.04. The zero-order valence-corrected chi connectivity index (χ0v) is 15.7. The molecule has 1 amide bonds. The Labute approximate surface area is 157 Å². The van der Waals surface area contributed by atoms with E-state index in [-0.39, 0.29) is 5.91 Å². The Morgan fingerprint density at radius 1 is 1.04 bits per heavy atom. The number of esters is 1. The Bertz CT molecular complexity index is 1020. The predicted octanol–water partition coefficient (Wildman–Crippen LogP) is 3.74. The number of hydrogen-bond acceptors (Lipinski definition) is 4. The Morgan fingerprint density at radius 2 is 1.81 bits per heavy atom. The molecule has 6 nitrogen and oxygen atoms in total. The zero-order valence-electron chi connectivity index (χ0n) is 15.7. The van der Waals surface area contributed by atoms with Gasteiger partial charge in [-0.1, -0.05) is 18.2 Å². The smallest absolute Gasteiger partial charge is 0.337 e. The first kappa shape index (κ1) is 18.4. The van der Waals surface area contributed by atoms with Crippen LogP contribution in [0.25, 0.3) is 11.3 Å². The van der Waals surface area contributed by atoms with Gasteiger partial charge in [0.05, 0.1) is 18.4 Å².